The van der Waals surface area contributed by atoms with E-state index in [0.29, 0.717) is 17.2 Å². The number of nitrogens with one attached hydrogen (secondary N) is 1. The van der Waals surface area contributed by atoms with Crippen molar-refractivity contribution in [2.45, 2.75) is 26.3 Å². The van der Waals surface area contributed by atoms with Gasteiger partial charge < -0.3 is 14.7 Å². The fourth-order valence-electron chi connectivity index (χ4n) is 2.77. The van der Waals surface area contributed by atoms with E-state index in [4.69, 9.17) is 4.52 Å². The van der Waals surface area contributed by atoms with Crippen LogP contribution in [0.25, 0.3) is 5.65 Å². The van der Waals surface area contributed by atoms with Gasteiger partial charge in [-0.1, -0.05) is 5.16 Å². The van der Waals surface area contributed by atoms with Crippen LogP contribution >= 0.6 is 0 Å². The van der Waals surface area contributed by atoms with Gasteiger partial charge >= 0.3 is 0 Å². The van der Waals surface area contributed by atoms with Gasteiger partial charge in [0, 0.05) is 19.2 Å². The number of amides is 1. The standard InChI is InChI=1S/C15H17N7O2/c1-10-8-11(20-24-10)15(23)16-9-14-18-17-12-4-5-13(19-22(12)14)21-6-2-3-7-21/h4-5,8H,2-3,6-7,9H2,1H3,(H,16,23). The Hall–Kier alpha value is -2.97. The van der Waals surface area contributed by atoms with E-state index in [1.54, 1.807) is 17.5 Å². The highest BCUT2D eigenvalue weighted by Gasteiger charge is 2.16. The van der Waals surface area contributed by atoms with E-state index in [0.717, 1.165) is 18.9 Å². The van der Waals surface area contributed by atoms with Crippen LogP contribution in [0.2, 0.25) is 0 Å². The molecule has 4 rings (SSSR count). The SMILES string of the molecule is Cc1cc(C(=O)NCc2nnc3ccc(N4CCCC4)nn23)no1. The summed E-state index contributed by atoms with van der Waals surface area (Å²) in [6, 6.07) is 5.43. The Morgan fingerprint density at radius 1 is 1.29 bits per heavy atom. The summed E-state index contributed by atoms with van der Waals surface area (Å²) < 4.78 is 6.57. The summed E-state index contributed by atoms with van der Waals surface area (Å²) in [5.41, 5.74) is 0.895. The van der Waals surface area contributed by atoms with Crippen LogP contribution in [-0.4, -0.2) is 44.0 Å². The van der Waals surface area contributed by atoms with E-state index < -0.39 is 0 Å². The molecule has 9 heteroatoms. The first-order valence-corrected chi connectivity index (χ1v) is 7.88. The average molecular weight is 327 g/mol. The Morgan fingerprint density at radius 3 is 2.88 bits per heavy atom. The summed E-state index contributed by atoms with van der Waals surface area (Å²) >= 11 is 0. The number of fused-ring (bicyclic) bond motifs is 1. The summed E-state index contributed by atoms with van der Waals surface area (Å²) in [5, 5.41) is 19.2. The van der Waals surface area contributed by atoms with Gasteiger partial charge in [-0.2, -0.15) is 4.52 Å². The second-order valence-corrected chi connectivity index (χ2v) is 5.78. The monoisotopic (exact) mass is 327 g/mol. The molecule has 3 aromatic heterocycles. The summed E-state index contributed by atoms with van der Waals surface area (Å²) in [6.45, 7) is 3.97. The molecule has 1 amide bonds. The Morgan fingerprint density at radius 2 is 2.12 bits per heavy atom. The number of hydrogen-bond acceptors (Lipinski definition) is 7. The molecule has 0 saturated carbocycles. The van der Waals surface area contributed by atoms with Crippen molar-refractivity contribution in [3.8, 4) is 0 Å². The van der Waals surface area contributed by atoms with Crippen molar-refractivity contribution in [1.82, 2.24) is 30.3 Å². The Bertz CT molecular complexity index is 879. The van der Waals surface area contributed by atoms with E-state index in [2.05, 4.69) is 30.7 Å². The van der Waals surface area contributed by atoms with Gasteiger partial charge in [0.2, 0.25) is 0 Å². The molecule has 0 aromatic carbocycles. The maximum absolute atomic E-state index is 12.0. The van der Waals surface area contributed by atoms with Crippen molar-refractivity contribution in [3.05, 3.63) is 35.5 Å². The Balaban J connectivity index is 1.53. The molecule has 1 saturated heterocycles. The topological polar surface area (TPSA) is 101 Å². The molecule has 1 aliphatic rings. The lowest BCUT2D eigenvalue weighted by molar-refractivity contribution is 0.0940. The summed E-state index contributed by atoms with van der Waals surface area (Å²) in [6.07, 6.45) is 2.36. The van der Waals surface area contributed by atoms with Gasteiger partial charge in [0.1, 0.15) is 11.6 Å². The normalized spacial score (nSPS) is 14.5. The molecule has 0 radical (unpaired) electrons. The number of hydrogen-bond donors (Lipinski definition) is 1. The molecule has 0 bridgehead atoms. The van der Waals surface area contributed by atoms with Crippen molar-refractivity contribution in [1.29, 1.82) is 0 Å². The predicted molar refractivity (Wildman–Crippen MR) is 84.6 cm³/mol. The lowest BCUT2D eigenvalue weighted by atomic mass is 10.3. The molecular formula is C15H17N7O2. The molecule has 3 aromatic rings. The molecule has 1 aliphatic heterocycles. The van der Waals surface area contributed by atoms with Gasteiger partial charge in [-0.25, -0.2) is 0 Å². The molecule has 0 unspecified atom stereocenters. The molecule has 1 fully saturated rings. The van der Waals surface area contributed by atoms with Crippen molar-refractivity contribution in [2.75, 3.05) is 18.0 Å². The van der Waals surface area contributed by atoms with Crippen molar-refractivity contribution in [2.24, 2.45) is 0 Å². The minimum Gasteiger partial charge on any atom is -0.361 e. The van der Waals surface area contributed by atoms with Crippen LogP contribution in [-0.2, 0) is 6.54 Å². The lowest BCUT2D eigenvalue weighted by Gasteiger charge is -2.15. The van der Waals surface area contributed by atoms with Gasteiger partial charge in [-0.15, -0.1) is 15.3 Å². The number of nitrogens with zero attached hydrogens (tertiary/aromatic N) is 6. The molecule has 0 spiro atoms. The van der Waals surface area contributed by atoms with E-state index in [9.17, 15) is 4.79 Å². The fraction of sp³-hybridized carbons (Fsp3) is 0.400. The second-order valence-electron chi connectivity index (χ2n) is 5.78. The number of aromatic nitrogens is 5. The highest BCUT2D eigenvalue weighted by molar-refractivity contribution is 5.92. The number of carbonyl (C=O) groups is 1. The third-order valence-corrected chi connectivity index (χ3v) is 4.01. The van der Waals surface area contributed by atoms with Gasteiger partial charge in [0.25, 0.3) is 5.91 Å². The largest absolute Gasteiger partial charge is 0.361 e. The highest BCUT2D eigenvalue weighted by atomic mass is 16.5. The molecule has 1 N–H and O–H groups in total. The number of rotatable bonds is 4. The molecular weight excluding hydrogens is 310 g/mol. The summed E-state index contributed by atoms with van der Waals surface area (Å²) in [7, 11) is 0. The van der Waals surface area contributed by atoms with E-state index in [1.807, 2.05) is 12.1 Å². The van der Waals surface area contributed by atoms with Gasteiger partial charge in [0.15, 0.2) is 17.2 Å². The summed E-state index contributed by atoms with van der Waals surface area (Å²) in [5.74, 6) is 1.74. The zero-order valence-electron chi connectivity index (χ0n) is 13.3. The quantitative estimate of drug-likeness (QED) is 0.761. The minimum absolute atomic E-state index is 0.211. The van der Waals surface area contributed by atoms with Crippen LogP contribution in [0.4, 0.5) is 5.82 Å². The van der Waals surface area contributed by atoms with Gasteiger partial charge in [0.05, 0.1) is 6.54 Å². The van der Waals surface area contributed by atoms with Gasteiger partial charge in [-0.3, -0.25) is 4.79 Å². The number of carbonyl (C=O) groups excluding carboxylic acids is 1. The van der Waals surface area contributed by atoms with Crippen molar-refractivity contribution >= 4 is 17.4 Å². The van der Waals surface area contributed by atoms with Gasteiger partial charge in [-0.05, 0) is 31.9 Å². The molecule has 0 aliphatic carbocycles. The molecule has 24 heavy (non-hydrogen) atoms. The van der Waals surface area contributed by atoms with E-state index in [-0.39, 0.29) is 18.1 Å². The predicted octanol–water partition coefficient (Wildman–Crippen LogP) is 0.951. The molecule has 9 nitrogen and oxygen atoms in total. The summed E-state index contributed by atoms with van der Waals surface area (Å²) in [4.78, 5) is 14.3. The van der Waals surface area contributed by atoms with E-state index in [1.165, 1.54) is 12.8 Å². The van der Waals surface area contributed by atoms with E-state index >= 15 is 0 Å². The zero-order valence-corrected chi connectivity index (χ0v) is 13.3. The Labute approximate surface area is 137 Å². The van der Waals surface area contributed by atoms with Crippen LogP contribution in [0.1, 0.15) is 34.9 Å². The highest BCUT2D eigenvalue weighted by Crippen LogP contribution is 2.18. The minimum atomic E-state index is -0.320. The first kappa shape index (κ1) is 14.6. The molecule has 0 atom stereocenters. The van der Waals surface area contributed by atoms with Crippen molar-refractivity contribution < 1.29 is 9.32 Å². The third-order valence-electron chi connectivity index (χ3n) is 4.01. The first-order chi connectivity index (χ1) is 11.7. The molecule has 4 heterocycles. The first-order valence-electron chi connectivity index (χ1n) is 7.88. The molecule has 124 valence electrons. The van der Waals surface area contributed by atoms with Crippen LogP contribution in [0.5, 0.6) is 0 Å². The van der Waals surface area contributed by atoms with Crippen LogP contribution in [0, 0.1) is 6.92 Å². The second kappa shape index (κ2) is 5.91. The van der Waals surface area contributed by atoms with Crippen LogP contribution in [0.15, 0.2) is 22.7 Å². The van der Waals surface area contributed by atoms with Crippen LogP contribution in [0.3, 0.4) is 0 Å². The third kappa shape index (κ3) is 2.68. The maximum atomic E-state index is 12.0. The fourth-order valence-corrected chi connectivity index (χ4v) is 2.77. The number of aryl methyl sites for hydroxylation is 1. The lowest BCUT2D eigenvalue weighted by Crippen LogP contribution is -2.25. The number of anilines is 1. The smallest absolute Gasteiger partial charge is 0.273 e. The Kier molecular flexibility index (Phi) is 3.60. The maximum Gasteiger partial charge on any atom is 0.273 e. The average Bonchev–Trinajstić information content (AvgIpc) is 3.33. The van der Waals surface area contributed by atoms with Crippen molar-refractivity contribution in [3.63, 3.8) is 0 Å². The van der Waals surface area contributed by atoms with Crippen LogP contribution < -0.4 is 10.2 Å². The zero-order chi connectivity index (χ0) is 16.5.